The zero-order chi connectivity index (χ0) is 27.2. The lowest BCUT2D eigenvalue weighted by atomic mass is 9.97. The molecule has 4 heterocycles. The molecule has 0 aliphatic rings. The van der Waals surface area contributed by atoms with Gasteiger partial charge in [0.05, 0.1) is 26.8 Å². The van der Waals surface area contributed by atoms with Gasteiger partial charge >= 0.3 is 0 Å². The number of thiophene rings is 1. The summed E-state index contributed by atoms with van der Waals surface area (Å²) in [6, 6.07) is 35.8. The summed E-state index contributed by atoms with van der Waals surface area (Å²) in [7, 11) is 0. The van der Waals surface area contributed by atoms with Gasteiger partial charge in [-0.2, -0.15) is 4.98 Å². The summed E-state index contributed by atoms with van der Waals surface area (Å²) in [5.74, 6) is 0.614. The van der Waals surface area contributed by atoms with Gasteiger partial charge in [0.2, 0.25) is 11.7 Å². The van der Waals surface area contributed by atoms with E-state index in [0.29, 0.717) is 11.7 Å². The molecule has 0 radical (unpaired) electrons. The molecule has 0 N–H and O–H groups in total. The SMILES string of the molecule is Cc1c(C)c2c3ccccc3n(-c3nc(-c4ccccc4)c4c(n3)oc3ccccc34)c2c2sc3ccccc3c12. The predicted octanol–water partition coefficient (Wildman–Crippen LogP) is 10.1. The fourth-order valence-corrected chi connectivity index (χ4v) is 7.82. The summed E-state index contributed by atoms with van der Waals surface area (Å²) in [4.78, 5) is 10.5. The molecule has 4 nitrogen and oxygen atoms in total. The zero-order valence-electron chi connectivity index (χ0n) is 22.5. The third-order valence-corrected chi connectivity index (χ3v) is 9.65. The Balaban J connectivity index is 1.51. The van der Waals surface area contributed by atoms with Gasteiger partial charge in [-0.3, -0.25) is 4.57 Å². The maximum absolute atomic E-state index is 6.39. The van der Waals surface area contributed by atoms with E-state index in [4.69, 9.17) is 14.4 Å². The van der Waals surface area contributed by atoms with Crippen molar-refractivity contribution in [2.24, 2.45) is 0 Å². The number of hydrogen-bond donors (Lipinski definition) is 0. The van der Waals surface area contributed by atoms with Gasteiger partial charge < -0.3 is 4.42 Å². The van der Waals surface area contributed by atoms with Crippen molar-refractivity contribution < 1.29 is 4.42 Å². The topological polar surface area (TPSA) is 43.9 Å². The average molecular weight is 546 g/mol. The summed E-state index contributed by atoms with van der Waals surface area (Å²) in [5.41, 5.74) is 8.17. The number of hydrogen-bond acceptors (Lipinski definition) is 4. The zero-order valence-corrected chi connectivity index (χ0v) is 23.3. The molecule has 194 valence electrons. The molecule has 0 saturated carbocycles. The molecule has 5 heteroatoms. The maximum atomic E-state index is 6.39. The highest BCUT2D eigenvalue weighted by Gasteiger charge is 2.25. The highest BCUT2D eigenvalue weighted by molar-refractivity contribution is 7.26. The molecule has 5 aromatic carbocycles. The van der Waals surface area contributed by atoms with E-state index in [1.165, 1.54) is 42.1 Å². The summed E-state index contributed by atoms with van der Waals surface area (Å²) < 4.78 is 11.2. The van der Waals surface area contributed by atoms with Crippen LogP contribution in [0.2, 0.25) is 0 Å². The van der Waals surface area contributed by atoms with Crippen LogP contribution >= 0.6 is 11.3 Å². The number of benzene rings is 5. The van der Waals surface area contributed by atoms with Gasteiger partial charge in [0.1, 0.15) is 5.58 Å². The monoisotopic (exact) mass is 545 g/mol. The Labute approximate surface area is 239 Å². The molecule has 41 heavy (non-hydrogen) atoms. The van der Waals surface area contributed by atoms with Crippen molar-refractivity contribution in [2.75, 3.05) is 0 Å². The molecule has 0 amide bonds. The van der Waals surface area contributed by atoms with Crippen molar-refractivity contribution in [1.82, 2.24) is 14.5 Å². The largest absolute Gasteiger partial charge is 0.437 e. The first kappa shape index (κ1) is 22.8. The van der Waals surface area contributed by atoms with Crippen molar-refractivity contribution in [1.29, 1.82) is 0 Å². The molecule has 0 saturated heterocycles. The Bertz CT molecular complexity index is 2500. The van der Waals surface area contributed by atoms with Crippen LogP contribution in [0.25, 0.3) is 81.3 Å². The summed E-state index contributed by atoms with van der Waals surface area (Å²) >= 11 is 1.85. The molecular weight excluding hydrogens is 522 g/mol. The van der Waals surface area contributed by atoms with E-state index in [-0.39, 0.29) is 0 Å². The van der Waals surface area contributed by atoms with Crippen molar-refractivity contribution in [3.05, 3.63) is 114 Å². The minimum absolute atomic E-state index is 0.595. The van der Waals surface area contributed by atoms with E-state index in [1.54, 1.807) is 0 Å². The number of aryl methyl sites for hydroxylation is 2. The first-order valence-corrected chi connectivity index (χ1v) is 14.6. The van der Waals surface area contributed by atoms with Crippen molar-refractivity contribution in [3.63, 3.8) is 0 Å². The van der Waals surface area contributed by atoms with E-state index < -0.39 is 0 Å². The molecule has 0 fully saturated rings. The van der Waals surface area contributed by atoms with E-state index in [0.717, 1.165) is 38.6 Å². The Morgan fingerprint density at radius 1 is 0.634 bits per heavy atom. The Morgan fingerprint density at radius 2 is 1.32 bits per heavy atom. The lowest BCUT2D eigenvalue weighted by Crippen LogP contribution is -2.03. The van der Waals surface area contributed by atoms with Crippen LogP contribution in [0.4, 0.5) is 0 Å². The number of aromatic nitrogens is 3. The molecule has 9 aromatic rings. The third kappa shape index (κ3) is 3.04. The normalized spacial score (nSPS) is 12.1. The Kier molecular flexibility index (Phi) is 4.59. The number of nitrogens with zero attached hydrogens (tertiary/aromatic N) is 3. The van der Waals surface area contributed by atoms with Gasteiger partial charge in [0.15, 0.2) is 0 Å². The second-order valence-corrected chi connectivity index (χ2v) is 11.7. The summed E-state index contributed by atoms with van der Waals surface area (Å²) in [6.07, 6.45) is 0. The third-order valence-electron chi connectivity index (χ3n) is 8.47. The maximum Gasteiger partial charge on any atom is 0.238 e. The van der Waals surface area contributed by atoms with Crippen molar-refractivity contribution >= 4 is 75.4 Å². The fraction of sp³-hybridized carbons (Fsp3) is 0.0556. The summed E-state index contributed by atoms with van der Waals surface area (Å²) in [5, 5.41) is 7.03. The number of rotatable bonds is 2. The summed E-state index contributed by atoms with van der Waals surface area (Å²) in [6.45, 7) is 4.51. The highest BCUT2D eigenvalue weighted by atomic mass is 32.1. The van der Waals surface area contributed by atoms with Gasteiger partial charge in [-0.25, -0.2) is 4.98 Å². The first-order chi connectivity index (χ1) is 20.2. The van der Waals surface area contributed by atoms with Crippen LogP contribution in [-0.4, -0.2) is 14.5 Å². The van der Waals surface area contributed by atoms with Crippen LogP contribution in [0.5, 0.6) is 0 Å². The van der Waals surface area contributed by atoms with Crippen molar-refractivity contribution in [2.45, 2.75) is 13.8 Å². The molecule has 0 atom stereocenters. The van der Waals surface area contributed by atoms with Crippen LogP contribution in [-0.2, 0) is 0 Å². The van der Waals surface area contributed by atoms with Crippen LogP contribution in [0.15, 0.2) is 108 Å². The number of para-hydroxylation sites is 2. The molecule has 0 aliphatic carbocycles. The van der Waals surface area contributed by atoms with Gasteiger partial charge in [-0.05, 0) is 43.2 Å². The second kappa shape index (κ2) is 8.26. The molecule has 0 bridgehead atoms. The Hall–Kier alpha value is -5.00. The van der Waals surface area contributed by atoms with Gasteiger partial charge in [-0.1, -0.05) is 84.9 Å². The standard InChI is InChI=1S/C36H23N3OS/c1-20-21(2)30-25-16-8-11-19-28(25)41-34(30)33-29(20)23-14-6-9-17-26(23)39(33)36-37-32(22-12-4-3-5-13-22)31-24-15-7-10-18-27(24)40-35(31)38-36/h3-19H,1-2H3. The van der Waals surface area contributed by atoms with Crippen LogP contribution in [0.3, 0.4) is 0 Å². The lowest BCUT2D eigenvalue weighted by molar-refractivity contribution is 0.651. The molecule has 0 aliphatic heterocycles. The minimum Gasteiger partial charge on any atom is -0.437 e. The minimum atomic E-state index is 0.595. The molecule has 4 aromatic heterocycles. The van der Waals surface area contributed by atoms with Crippen LogP contribution in [0.1, 0.15) is 11.1 Å². The molecular formula is C36H23N3OS. The second-order valence-electron chi connectivity index (χ2n) is 10.6. The fourth-order valence-electron chi connectivity index (χ4n) is 6.52. The number of fused-ring (bicyclic) bond motifs is 10. The lowest BCUT2D eigenvalue weighted by Gasteiger charge is -2.11. The molecule has 9 rings (SSSR count). The van der Waals surface area contributed by atoms with Crippen LogP contribution < -0.4 is 0 Å². The van der Waals surface area contributed by atoms with Crippen molar-refractivity contribution in [3.8, 4) is 17.2 Å². The van der Waals surface area contributed by atoms with E-state index in [2.05, 4.69) is 97.3 Å². The smallest absolute Gasteiger partial charge is 0.238 e. The Morgan fingerprint density at radius 3 is 2.17 bits per heavy atom. The molecule has 0 spiro atoms. The first-order valence-electron chi connectivity index (χ1n) is 13.8. The van der Waals surface area contributed by atoms with Crippen LogP contribution in [0, 0.1) is 13.8 Å². The van der Waals surface area contributed by atoms with E-state index in [9.17, 15) is 0 Å². The quantitative estimate of drug-likeness (QED) is 0.217. The van der Waals surface area contributed by atoms with Gasteiger partial charge in [-0.15, -0.1) is 11.3 Å². The predicted molar refractivity (Wildman–Crippen MR) is 171 cm³/mol. The van der Waals surface area contributed by atoms with Gasteiger partial charge in [0, 0.05) is 37.2 Å². The van der Waals surface area contributed by atoms with E-state index in [1.807, 2.05) is 35.6 Å². The van der Waals surface area contributed by atoms with Gasteiger partial charge in [0.25, 0.3) is 0 Å². The molecule has 0 unspecified atom stereocenters. The highest BCUT2D eigenvalue weighted by Crippen LogP contribution is 2.46. The average Bonchev–Trinajstić information content (AvgIpc) is 3.69. The van der Waals surface area contributed by atoms with E-state index >= 15 is 0 Å². The number of furan rings is 1.